The molecule has 1 saturated heterocycles. The Balaban J connectivity index is 1.33. The van der Waals surface area contributed by atoms with Gasteiger partial charge in [0, 0.05) is 25.5 Å². The maximum atomic E-state index is 12.1. The van der Waals surface area contributed by atoms with Crippen molar-refractivity contribution in [2.24, 2.45) is 5.92 Å². The number of ether oxygens (including phenoxy) is 1. The van der Waals surface area contributed by atoms with Gasteiger partial charge in [0.2, 0.25) is 0 Å². The molecule has 1 aliphatic heterocycles. The highest BCUT2D eigenvalue weighted by atomic mass is 16.5. The summed E-state index contributed by atoms with van der Waals surface area (Å²) in [6.07, 6.45) is 5.91. The van der Waals surface area contributed by atoms with Crippen molar-refractivity contribution < 1.29 is 9.53 Å². The van der Waals surface area contributed by atoms with E-state index in [9.17, 15) is 4.79 Å². The lowest BCUT2D eigenvalue weighted by Crippen LogP contribution is -2.39. The minimum Gasteiger partial charge on any atom is -0.484 e. The SMILES string of the molecule is CC(C)(C)c1ccc(OCC(=O)NCC2CCN(Cc3ccncc3)CC2)cc1. The molecule has 0 aliphatic carbocycles. The van der Waals surface area contributed by atoms with Crippen molar-refractivity contribution in [3.63, 3.8) is 0 Å². The molecule has 2 heterocycles. The summed E-state index contributed by atoms with van der Waals surface area (Å²) in [4.78, 5) is 18.7. The fourth-order valence-electron chi connectivity index (χ4n) is 3.60. The van der Waals surface area contributed by atoms with Gasteiger partial charge in [-0.3, -0.25) is 14.7 Å². The van der Waals surface area contributed by atoms with Gasteiger partial charge >= 0.3 is 0 Å². The second-order valence-electron chi connectivity index (χ2n) is 8.94. The summed E-state index contributed by atoms with van der Waals surface area (Å²) in [5.41, 5.74) is 2.67. The molecule has 156 valence electrons. The number of rotatable bonds is 7. The van der Waals surface area contributed by atoms with Crippen LogP contribution in [0.1, 0.15) is 44.7 Å². The molecule has 0 bridgehead atoms. The van der Waals surface area contributed by atoms with E-state index in [4.69, 9.17) is 4.74 Å². The van der Waals surface area contributed by atoms with E-state index in [1.54, 1.807) is 0 Å². The van der Waals surface area contributed by atoms with Crippen LogP contribution in [0.4, 0.5) is 0 Å². The Morgan fingerprint density at radius 1 is 1.10 bits per heavy atom. The topological polar surface area (TPSA) is 54.5 Å². The summed E-state index contributed by atoms with van der Waals surface area (Å²) < 4.78 is 5.63. The van der Waals surface area contributed by atoms with Crippen LogP contribution in [0.5, 0.6) is 5.75 Å². The van der Waals surface area contributed by atoms with E-state index in [0.717, 1.165) is 44.8 Å². The van der Waals surface area contributed by atoms with Gasteiger partial charge in [-0.25, -0.2) is 0 Å². The zero-order valence-electron chi connectivity index (χ0n) is 17.9. The third-order valence-electron chi connectivity index (χ3n) is 5.54. The van der Waals surface area contributed by atoms with Gasteiger partial charge in [-0.1, -0.05) is 32.9 Å². The zero-order chi connectivity index (χ0) is 20.7. The van der Waals surface area contributed by atoms with Gasteiger partial charge in [0.25, 0.3) is 5.91 Å². The van der Waals surface area contributed by atoms with Crippen molar-refractivity contribution in [2.45, 2.75) is 45.6 Å². The number of piperidine rings is 1. The highest BCUT2D eigenvalue weighted by Crippen LogP contribution is 2.24. The second kappa shape index (κ2) is 9.88. The fourth-order valence-corrected chi connectivity index (χ4v) is 3.60. The van der Waals surface area contributed by atoms with Crippen LogP contribution in [0.15, 0.2) is 48.8 Å². The van der Waals surface area contributed by atoms with Crippen LogP contribution >= 0.6 is 0 Å². The zero-order valence-corrected chi connectivity index (χ0v) is 17.9. The molecule has 1 amide bonds. The molecule has 2 aromatic rings. The standard InChI is InChI=1S/C24H33N3O2/c1-24(2,3)21-4-6-22(7-5-21)29-18-23(28)26-16-19-10-14-27(15-11-19)17-20-8-12-25-13-9-20/h4-9,12-13,19H,10-11,14-18H2,1-3H3,(H,26,28). The highest BCUT2D eigenvalue weighted by molar-refractivity contribution is 5.77. The number of amides is 1. The average molecular weight is 396 g/mol. The van der Waals surface area contributed by atoms with Gasteiger partial charge in [-0.2, -0.15) is 0 Å². The summed E-state index contributed by atoms with van der Waals surface area (Å²) >= 11 is 0. The molecule has 1 aliphatic rings. The molecule has 0 unspecified atom stereocenters. The number of hydrogen-bond acceptors (Lipinski definition) is 4. The van der Waals surface area contributed by atoms with Crippen molar-refractivity contribution in [3.05, 3.63) is 59.9 Å². The number of carbonyl (C=O) groups excluding carboxylic acids is 1. The summed E-state index contributed by atoms with van der Waals surface area (Å²) in [6.45, 7) is 10.5. The number of benzene rings is 1. The molecule has 1 fully saturated rings. The largest absolute Gasteiger partial charge is 0.484 e. The van der Waals surface area contributed by atoms with Crippen LogP contribution in [-0.4, -0.2) is 42.0 Å². The fraction of sp³-hybridized carbons (Fsp3) is 0.500. The molecule has 0 atom stereocenters. The second-order valence-corrected chi connectivity index (χ2v) is 8.94. The smallest absolute Gasteiger partial charge is 0.257 e. The molecule has 3 rings (SSSR count). The van der Waals surface area contributed by atoms with E-state index in [0.29, 0.717) is 5.92 Å². The van der Waals surface area contributed by atoms with Gasteiger partial charge < -0.3 is 10.1 Å². The first-order valence-corrected chi connectivity index (χ1v) is 10.5. The molecule has 1 N–H and O–H groups in total. The molecule has 0 radical (unpaired) electrons. The molecular weight excluding hydrogens is 362 g/mol. The lowest BCUT2D eigenvalue weighted by atomic mass is 9.87. The normalized spacial score (nSPS) is 15.8. The molecule has 1 aromatic carbocycles. The molecule has 0 spiro atoms. The van der Waals surface area contributed by atoms with E-state index in [1.807, 2.05) is 24.5 Å². The maximum Gasteiger partial charge on any atom is 0.257 e. The Bertz CT molecular complexity index is 761. The number of nitrogens with zero attached hydrogens (tertiary/aromatic N) is 2. The lowest BCUT2D eigenvalue weighted by Gasteiger charge is -2.32. The Morgan fingerprint density at radius 2 is 1.76 bits per heavy atom. The van der Waals surface area contributed by atoms with E-state index >= 15 is 0 Å². The molecule has 29 heavy (non-hydrogen) atoms. The number of hydrogen-bond donors (Lipinski definition) is 1. The summed E-state index contributed by atoms with van der Waals surface area (Å²) in [5.74, 6) is 1.22. The Hall–Kier alpha value is -2.40. The third-order valence-corrected chi connectivity index (χ3v) is 5.54. The van der Waals surface area contributed by atoms with E-state index < -0.39 is 0 Å². The predicted octanol–water partition coefficient (Wildman–Crippen LogP) is 3.79. The summed E-state index contributed by atoms with van der Waals surface area (Å²) in [7, 11) is 0. The minimum atomic E-state index is -0.0517. The van der Waals surface area contributed by atoms with Gasteiger partial charge in [0.1, 0.15) is 5.75 Å². The monoisotopic (exact) mass is 395 g/mol. The quantitative estimate of drug-likeness (QED) is 0.775. The average Bonchev–Trinajstić information content (AvgIpc) is 2.72. The maximum absolute atomic E-state index is 12.1. The van der Waals surface area contributed by atoms with Gasteiger partial charge in [0.15, 0.2) is 6.61 Å². The van der Waals surface area contributed by atoms with Crippen LogP contribution in [0.3, 0.4) is 0 Å². The number of pyridine rings is 1. The Morgan fingerprint density at radius 3 is 2.38 bits per heavy atom. The number of aromatic nitrogens is 1. The molecular formula is C24H33N3O2. The van der Waals surface area contributed by atoms with E-state index in [1.165, 1.54) is 11.1 Å². The van der Waals surface area contributed by atoms with Crippen molar-refractivity contribution in [1.82, 2.24) is 15.2 Å². The van der Waals surface area contributed by atoms with Crippen LogP contribution in [0.2, 0.25) is 0 Å². The van der Waals surface area contributed by atoms with Crippen molar-refractivity contribution in [3.8, 4) is 5.75 Å². The lowest BCUT2D eigenvalue weighted by molar-refractivity contribution is -0.123. The van der Waals surface area contributed by atoms with Gasteiger partial charge in [-0.15, -0.1) is 0 Å². The molecule has 0 saturated carbocycles. The highest BCUT2D eigenvalue weighted by Gasteiger charge is 2.20. The third kappa shape index (κ3) is 6.86. The van der Waals surface area contributed by atoms with Crippen molar-refractivity contribution in [2.75, 3.05) is 26.2 Å². The Labute approximate surface area is 174 Å². The van der Waals surface area contributed by atoms with Crippen LogP contribution in [0, 0.1) is 5.92 Å². The van der Waals surface area contributed by atoms with E-state index in [-0.39, 0.29) is 17.9 Å². The van der Waals surface area contributed by atoms with E-state index in [2.05, 4.69) is 60.2 Å². The molecule has 5 nitrogen and oxygen atoms in total. The van der Waals surface area contributed by atoms with Gasteiger partial charge in [-0.05, 0) is 72.7 Å². The van der Waals surface area contributed by atoms with Gasteiger partial charge in [0.05, 0.1) is 0 Å². The predicted molar refractivity (Wildman–Crippen MR) is 116 cm³/mol. The first-order valence-electron chi connectivity index (χ1n) is 10.5. The van der Waals surface area contributed by atoms with Crippen LogP contribution in [0.25, 0.3) is 0 Å². The Kier molecular flexibility index (Phi) is 7.26. The first kappa shape index (κ1) is 21.3. The molecule has 1 aromatic heterocycles. The number of nitrogens with one attached hydrogen (secondary N) is 1. The van der Waals surface area contributed by atoms with Crippen LogP contribution in [-0.2, 0) is 16.8 Å². The van der Waals surface area contributed by atoms with Crippen molar-refractivity contribution >= 4 is 5.91 Å². The number of likely N-dealkylation sites (tertiary alicyclic amines) is 1. The van der Waals surface area contributed by atoms with Crippen LogP contribution < -0.4 is 10.1 Å². The number of carbonyl (C=O) groups is 1. The summed E-state index contributed by atoms with van der Waals surface area (Å²) in [6, 6.07) is 12.1. The minimum absolute atomic E-state index is 0.0517. The summed E-state index contributed by atoms with van der Waals surface area (Å²) in [5, 5.41) is 3.03. The van der Waals surface area contributed by atoms with Crippen molar-refractivity contribution in [1.29, 1.82) is 0 Å². The first-order chi connectivity index (χ1) is 13.9. The molecule has 5 heteroatoms.